The van der Waals surface area contributed by atoms with Crippen molar-refractivity contribution in [2.45, 2.75) is 0 Å². The third-order valence-corrected chi connectivity index (χ3v) is 2.91. The fraction of sp³-hybridized carbons (Fsp3) is 0.0667. The van der Waals surface area contributed by atoms with Gasteiger partial charge >= 0.3 is 0 Å². The number of anilines is 2. The minimum absolute atomic E-state index is 0.0862. The molecule has 20 heavy (non-hydrogen) atoms. The van der Waals surface area contributed by atoms with E-state index in [0.29, 0.717) is 16.9 Å². The highest BCUT2D eigenvalue weighted by molar-refractivity contribution is 6.06. The molecule has 0 heterocycles. The third kappa shape index (κ3) is 2.59. The van der Waals surface area contributed by atoms with Gasteiger partial charge in [0, 0.05) is 18.4 Å². The van der Waals surface area contributed by atoms with Gasteiger partial charge in [-0.2, -0.15) is 5.26 Å². The summed E-state index contributed by atoms with van der Waals surface area (Å²) in [7, 11) is 1.53. The predicted octanol–water partition coefficient (Wildman–Crippen LogP) is 2.56. The summed E-state index contributed by atoms with van der Waals surface area (Å²) < 4.78 is 13.7. The molecule has 0 spiro atoms. The van der Waals surface area contributed by atoms with Gasteiger partial charge in [-0.3, -0.25) is 4.79 Å². The third-order valence-electron chi connectivity index (χ3n) is 2.91. The fourth-order valence-corrected chi connectivity index (χ4v) is 1.76. The number of nitrogens with zero attached hydrogens (tertiary/aromatic N) is 2. The average molecular weight is 269 g/mol. The number of amides is 1. The Hall–Kier alpha value is -2.87. The van der Waals surface area contributed by atoms with Crippen LogP contribution < -0.4 is 10.6 Å². The molecule has 1 amide bonds. The lowest BCUT2D eigenvalue weighted by Crippen LogP contribution is -2.27. The molecule has 0 fully saturated rings. The summed E-state index contributed by atoms with van der Waals surface area (Å²) in [6, 6.07) is 12.3. The van der Waals surface area contributed by atoms with Crippen LogP contribution >= 0.6 is 0 Å². The molecule has 0 unspecified atom stereocenters. The maximum Gasteiger partial charge on any atom is 0.261 e. The SMILES string of the molecule is CN(C(=O)c1cc(N)ccc1F)c1ccc(C#N)cc1. The van der Waals surface area contributed by atoms with E-state index in [-0.39, 0.29) is 5.56 Å². The topological polar surface area (TPSA) is 70.1 Å². The van der Waals surface area contributed by atoms with Crippen LogP contribution in [0, 0.1) is 17.1 Å². The summed E-state index contributed by atoms with van der Waals surface area (Å²) in [5.41, 5.74) is 6.86. The molecule has 100 valence electrons. The van der Waals surface area contributed by atoms with Crippen molar-refractivity contribution in [1.29, 1.82) is 5.26 Å². The van der Waals surface area contributed by atoms with Gasteiger partial charge in [0.2, 0.25) is 0 Å². The maximum absolute atomic E-state index is 13.7. The molecule has 0 saturated heterocycles. The van der Waals surface area contributed by atoms with Crippen LogP contribution in [0.15, 0.2) is 42.5 Å². The second-order valence-corrected chi connectivity index (χ2v) is 4.26. The molecule has 2 aromatic carbocycles. The van der Waals surface area contributed by atoms with E-state index in [2.05, 4.69) is 0 Å². The van der Waals surface area contributed by atoms with Crippen LogP contribution in [0.4, 0.5) is 15.8 Å². The van der Waals surface area contributed by atoms with E-state index in [9.17, 15) is 9.18 Å². The monoisotopic (exact) mass is 269 g/mol. The molecule has 0 saturated carbocycles. The zero-order valence-electron chi connectivity index (χ0n) is 10.8. The van der Waals surface area contributed by atoms with Gasteiger partial charge in [-0.15, -0.1) is 0 Å². The van der Waals surface area contributed by atoms with Crippen LogP contribution in [0.1, 0.15) is 15.9 Å². The lowest BCUT2D eigenvalue weighted by Gasteiger charge is -2.18. The quantitative estimate of drug-likeness (QED) is 0.852. The second kappa shape index (κ2) is 5.41. The van der Waals surface area contributed by atoms with Crippen molar-refractivity contribution in [3.63, 3.8) is 0 Å². The Morgan fingerprint density at radius 1 is 1.25 bits per heavy atom. The Balaban J connectivity index is 2.32. The standard InChI is InChI=1S/C15H12FN3O/c1-19(12-5-2-10(9-17)3-6-12)15(20)13-8-11(18)4-7-14(13)16/h2-8H,18H2,1H3. The Kier molecular flexibility index (Phi) is 3.67. The lowest BCUT2D eigenvalue weighted by molar-refractivity contribution is 0.0989. The fourth-order valence-electron chi connectivity index (χ4n) is 1.76. The van der Waals surface area contributed by atoms with Crippen molar-refractivity contribution in [3.8, 4) is 6.07 Å². The second-order valence-electron chi connectivity index (χ2n) is 4.26. The summed E-state index contributed by atoms with van der Waals surface area (Å²) in [4.78, 5) is 13.5. The van der Waals surface area contributed by atoms with Gasteiger partial charge in [0.05, 0.1) is 17.2 Å². The van der Waals surface area contributed by atoms with Crippen molar-refractivity contribution in [2.75, 3.05) is 17.7 Å². The number of nitriles is 1. The number of carbonyl (C=O) groups is 1. The first-order valence-electron chi connectivity index (χ1n) is 5.86. The first-order chi connectivity index (χ1) is 9.52. The van der Waals surface area contributed by atoms with Crippen molar-refractivity contribution >= 4 is 17.3 Å². The highest BCUT2D eigenvalue weighted by atomic mass is 19.1. The predicted molar refractivity (Wildman–Crippen MR) is 74.7 cm³/mol. The van der Waals surface area contributed by atoms with Crippen LogP contribution in [0.5, 0.6) is 0 Å². The highest BCUT2D eigenvalue weighted by Gasteiger charge is 2.17. The minimum Gasteiger partial charge on any atom is -0.399 e. The van der Waals surface area contributed by atoms with Gasteiger partial charge in [-0.1, -0.05) is 0 Å². The molecule has 0 aromatic heterocycles. The molecule has 0 radical (unpaired) electrons. The van der Waals surface area contributed by atoms with Crippen molar-refractivity contribution in [1.82, 2.24) is 0 Å². The highest BCUT2D eigenvalue weighted by Crippen LogP contribution is 2.19. The molecule has 0 aliphatic carbocycles. The van der Waals surface area contributed by atoms with Crippen molar-refractivity contribution in [3.05, 3.63) is 59.4 Å². The number of nitrogens with two attached hydrogens (primary N) is 1. The number of nitrogen functional groups attached to an aromatic ring is 1. The summed E-state index contributed by atoms with van der Waals surface area (Å²) in [5.74, 6) is -1.12. The van der Waals surface area contributed by atoms with Gasteiger partial charge < -0.3 is 10.6 Å². The molecule has 2 N–H and O–H groups in total. The Labute approximate surface area is 115 Å². The molecule has 5 heteroatoms. The molecule has 2 aromatic rings. The zero-order valence-corrected chi connectivity index (χ0v) is 10.8. The number of carbonyl (C=O) groups excluding carboxylic acids is 1. The smallest absolute Gasteiger partial charge is 0.261 e. The molecule has 0 bridgehead atoms. The maximum atomic E-state index is 13.7. The molecule has 0 aliphatic heterocycles. The van der Waals surface area contributed by atoms with E-state index in [1.54, 1.807) is 24.3 Å². The average Bonchev–Trinajstić information content (AvgIpc) is 2.48. The number of hydrogen-bond acceptors (Lipinski definition) is 3. The molecule has 4 nitrogen and oxygen atoms in total. The van der Waals surface area contributed by atoms with Crippen LogP contribution in [0.25, 0.3) is 0 Å². The Bertz CT molecular complexity index is 689. The number of halogens is 1. The van der Waals surface area contributed by atoms with E-state index in [0.717, 1.165) is 6.07 Å². The number of rotatable bonds is 2. The number of hydrogen-bond donors (Lipinski definition) is 1. The largest absolute Gasteiger partial charge is 0.399 e. The Morgan fingerprint density at radius 3 is 2.50 bits per heavy atom. The van der Waals surface area contributed by atoms with E-state index in [1.165, 1.54) is 24.1 Å². The summed E-state index contributed by atoms with van der Waals surface area (Å²) >= 11 is 0. The van der Waals surface area contributed by atoms with Crippen LogP contribution in [-0.2, 0) is 0 Å². The molecular formula is C15H12FN3O. The van der Waals surface area contributed by atoms with Crippen molar-refractivity contribution < 1.29 is 9.18 Å². The van der Waals surface area contributed by atoms with Crippen molar-refractivity contribution in [2.24, 2.45) is 0 Å². The zero-order chi connectivity index (χ0) is 14.7. The van der Waals surface area contributed by atoms with Gasteiger partial charge in [0.1, 0.15) is 5.82 Å². The first-order valence-corrected chi connectivity index (χ1v) is 5.86. The van der Waals surface area contributed by atoms with Crippen LogP contribution in [-0.4, -0.2) is 13.0 Å². The molecule has 0 aliphatic rings. The van der Waals surface area contributed by atoms with Crippen LogP contribution in [0.3, 0.4) is 0 Å². The van der Waals surface area contributed by atoms with E-state index >= 15 is 0 Å². The summed E-state index contributed by atoms with van der Waals surface area (Å²) in [6.45, 7) is 0. The van der Waals surface area contributed by atoms with Gasteiger partial charge in [-0.25, -0.2) is 4.39 Å². The molecule has 2 rings (SSSR count). The summed E-state index contributed by atoms with van der Waals surface area (Å²) in [5, 5.41) is 8.73. The lowest BCUT2D eigenvalue weighted by atomic mass is 10.1. The molecular weight excluding hydrogens is 257 g/mol. The van der Waals surface area contributed by atoms with Gasteiger partial charge in [-0.05, 0) is 42.5 Å². The van der Waals surface area contributed by atoms with E-state index in [4.69, 9.17) is 11.0 Å². The summed E-state index contributed by atoms with van der Waals surface area (Å²) in [6.07, 6.45) is 0. The van der Waals surface area contributed by atoms with E-state index in [1.807, 2.05) is 6.07 Å². The number of benzene rings is 2. The van der Waals surface area contributed by atoms with Gasteiger partial charge in [0.25, 0.3) is 5.91 Å². The first kappa shape index (κ1) is 13.6. The normalized spacial score (nSPS) is 9.85. The van der Waals surface area contributed by atoms with E-state index < -0.39 is 11.7 Å². The Morgan fingerprint density at radius 2 is 1.90 bits per heavy atom. The van der Waals surface area contributed by atoms with Gasteiger partial charge in [0.15, 0.2) is 0 Å². The minimum atomic E-state index is -0.621. The van der Waals surface area contributed by atoms with Crippen LogP contribution in [0.2, 0.25) is 0 Å². The molecule has 0 atom stereocenters.